The molecule has 0 radical (unpaired) electrons. The first-order valence-corrected chi connectivity index (χ1v) is 8.98. The highest BCUT2D eigenvalue weighted by Crippen LogP contribution is 2.31. The van der Waals surface area contributed by atoms with Crippen molar-refractivity contribution < 1.29 is 9.53 Å². The second kappa shape index (κ2) is 7.25. The lowest BCUT2D eigenvalue weighted by Gasteiger charge is -2.19. The Morgan fingerprint density at radius 3 is 2.58 bits per heavy atom. The van der Waals surface area contributed by atoms with Crippen LogP contribution in [0.1, 0.15) is 51.6 Å². The number of hydrogen-bond acceptors (Lipinski definition) is 6. The molecule has 7 heteroatoms. The van der Waals surface area contributed by atoms with Gasteiger partial charge in [-0.25, -0.2) is 10.1 Å². The molecule has 0 amide bonds. The molecule has 0 saturated carbocycles. The fourth-order valence-corrected chi connectivity index (χ4v) is 3.57. The van der Waals surface area contributed by atoms with E-state index in [0.29, 0.717) is 29.3 Å². The maximum atomic E-state index is 12.3. The van der Waals surface area contributed by atoms with Gasteiger partial charge in [0, 0.05) is 5.38 Å². The van der Waals surface area contributed by atoms with E-state index in [2.05, 4.69) is 15.2 Å². The van der Waals surface area contributed by atoms with E-state index in [-0.39, 0.29) is 11.5 Å². The summed E-state index contributed by atoms with van der Waals surface area (Å²) in [5, 5.41) is 9.11. The molecule has 2 aromatic rings. The summed E-state index contributed by atoms with van der Waals surface area (Å²) in [6, 6.07) is 0. The lowest BCUT2D eigenvalue weighted by molar-refractivity contribution is -0.148. The van der Waals surface area contributed by atoms with Crippen molar-refractivity contribution in [3.8, 4) is 10.6 Å². The van der Waals surface area contributed by atoms with Crippen LogP contribution in [0.25, 0.3) is 10.6 Å². The van der Waals surface area contributed by atoms with Gasteiger partial charge < -0.3 is 4.74 Å². The molecule has 6 nitrogen and oxygen atoms in total. The fraction of sp³-hybridized carbons (Fsp3) is 0.529. The Labute approximate surface area is 145 Å². The van der Waals surface area contributed by atoms with Gasteiger partial charge >= 0.3 is 5.97 Å². The fourth-order valence-electron chi connectivity index (χ4n) is 2.51. The molecule has 0 atom stereocenters. The number of carbonyl (C=O) groups is 1. The van der Waals surface area contributed by atoms with Gasteiger partial charge in [-0.2, -0.15) is 5.10 Å². The van der Waals surface area contributed by atoms with Crippen LogP contribution >= 0.6 is 11.3 Å². The zero-order valence-corrected chi connectivity index (χ0v) is 15.5. The van der Waals surface area contributed by atoms with Gasteiger partial charge in [-0.3, -0.25) is 9.59 Å². The van der Waals surface area contributed by atoms with E-state index < -0.39 is 5.41 Å². The molecular formula is C17H23N3O3S. The van der Waals surface area contributed by atoms with Crippen molar-refractivity contribution in [2.75, 3.05) is 6.61 Å². The van der Waals surface area contributed by atoms with Gasteiger partial charge in [0.2, 0.25) is 0 Å². The van der Waals surface area contributed by atoms with Crippen LogP contribution < -0.4 is 5.56 Å². The van der Waals surface area contributed by atoms with Crippen molar-refractivity contribution in [3.05, 3.63) is 32.7 Å². The summed E-state index contributed by atoms with van der Waals surface area (Å²) < 4.78 is 5.13. The smallest absolute Gasteiger partial charge is 0.317 e. The highest BCUT2D eigenvalue weighted by Gasteiger charge is 2.34. The minimum Gasteiger partial charge on any atom is -0.465 e. The van der Waals surface area contributed by atoms with Gasteiger partial charge in [0.15, 0.2) is 0 Å². The number of hydrogen-bond donors (Lipinski definition) is 1. The lowest BCUT2D eigenvalue weighted by atomic mass is 9.90. The number of ether oxygens (including phenoxy) is 1. The number of H-pyrrole nitrogens is 1. The van der Waals surface area contributed by atoms with Gasteiger partial charge in [-0.1, -0.05) is 13.8 Å². The van der Waals surface area contributed by atoms with E-state index in [1.54, 1.807) is 20.8 Å². The first-order valence-electron chi connectivity index (χ1n) is 8.10. The number of rotatable bonds is 6. The van der Waals surface area contributed by atoms with E-state index in [4.69, 9.17) is 4.74 Å². The normalized spacial score (nSPS) is 11.5. The third-order valence-electron chi connectivity index (χ3n) is 4.00. The molecule has 0 aliphatic heterocycles. The van der Waals surface area contributed by atoms with Crippen LogP contribution in [-0.4, -0.2) is 27.8 Å². The third-order valence-corrected chi connectivity index (χ3v) is 4.86. The van der Waals surface area contributed by atoms with Crippen molar-refractivity contribution in [2.24, 2.45) is 0 Å². The lowest BCUT2D eigenvalue weighted by Crippen LogP contribution is -2.31. The molecule has 2 heterocycles. The number of aryl methyl sites for hydroxylation is 1. The molecule has 130 valence electrons. The van der Waals surface area contributed by atoms with Crippen LogP contribution in [0.2, 0.25) is 0 Å². The molecule has 24 heavy (non-hydrogen) atoms. The highest BCUT2D eigenvalue weighted by molar-refractivity contribution is 7.13. The number of aromatic nitrogens is 3. The highest BCUT2D eigenvalue weighted by atomic mass is 32.1. The van der Waals surface area contributed by atoms with Crippen LogP contribution in [0.3, 0.4) is 0 Å². The summed E-state index contributed by atoms with van der Waals surface area (Å²) in [7, 11) is 0. The second-order valence-electron chi connectivity index (χ2n) is 5.94. The first kappa shape index (κ1) is 18.3. The molecule has 0 unspecified atom stereocenters. The van der Waals surface area contributed by atoms with Crippen molar-refractivity contribution in [1.29, 1.82) is 0 Å². The molecule has 0 bridgehead atoms. The molecule has 0 aromatic carbocycles. The molecular weight excluding hydrogens is 326 g/mol. The first-order chi connectivity index (χ1) is 11.4. The molecule has 0 fully saturated rings. The number of nitrogens with one attached hydrogen (secondary N) is 1. The minimum atomic E-state index is -0.857. The minimum absolute atomic E-state index is 0.251. The summed E-state index contributed by atoms with van der Waals surface area (Å²) in [5.74, 6) is -0.324. The molecule has 2 aromatic heterocycles. The van der Waals surface area contributed by atoms with E-state index in [1.165, 1.54) is 11.3 Å². The number of nitrogens with zero attached hydrogens (tertiary/aromatic N) is 2. The molecule has 0 saturated heterocycles. The Kier molecular flexibility index (Phi) is 5.54. The molecule has 0 aliphatic carbocycles. The van der Waals surface area contributed by atoms with Crippen LogP contribution in [-0.2, 0) is 27.8 Å². The van der Waals surface area contributed by atoms with Gasteiger partial charge in [-0.15, -0.1) is 11.3 Å². The van der Waals surface area contributed by atoms with Gasteiger partial charge in [0.25, 0.3) is 5.56 Å². The summed E-state index contributed by atoms with van der Waals surface area (Å²) in [4.78, 5) is 29.1. The quantitative estimate of drug-likeness (QED) is 0.811. The van der Waals surface area contributed by atoms with Crippen molar-refractivity contribution >= 4 is 17.3 Å². The Morgan fingerprint density at radius 1 is 1.29 bits per heavy atom. The monoisotopic (exact) mass is 349 g/mol. The van der Waals surface area contributed by atoms with E-state index in [9.17, 15) is 9.59 Å². The number of esters is 1. The summed E-state index contributed by atoms with van der Waals surface area (Å²) in [6.45, 7) is 9.65. The van der Waals surface area contributed by atoms with Crippen molar-refractivity contribution in [2.45, 2.75) is 52.9 Å². The Bertz CT molecular complexity index is 793. The van der Waals surface area contributed by atoms with E-state index in [0.717, 1.165) is 17.7 Å². The van der Waals surface area contributed by atoms with E-state index >= 15 is 0 Å². The largest absolute Gasteiger partial charge is 0.465 e. The predicted octanol–water partition coefficient (Wildman–Crippen LogP) is 2.86. The van der Waals surface area contributed by atoms with Gasteiger partial charge in [0.05, 0.1) is 23.6 Å². The van der Waals surface area contributed by atoms with Crippen LogP contribution in [0, 0.1) is 0 Å². The predicted molar refractivity (Wildman–Crippen MR) is 94.4 cm³/mol. The maximum absolute atomic E-state index is 12.3. The van der Waals surface area contributed by atoms with Gasteiger partial charge in [-0.05, 0) is 39.2 Å². The zero-order valence-electron chi connectivity index (χ0n) is 14.7. The number of carbonyl (C=O) groups excluding carboxylic acids is 1. The maximum Gasteiger partial charge on any atom is 0.317 e. The Hall–Kier alpha value is -2.02. The number of aromatic amines is 1. The SMILES string of the molecule is CCOC(=O)C(C)(C)c1csc(-c2c(CC)c(CC)n[nH]c2=O)n1. The Morgan fingerprint density at radius 2 is 2.00 bits per heavy atom. The zero-order chi connectivity index (χ0) is 17.9. The van der Waals surface area contributed by atoms with Crippen LogP contribution in [0.5, 0.6) is 0 Å². The standard InChI is InChI=1S/C17H23N3O3S/c1-6-10-11(7-2)19-20-14(21)13(10)15-18-12(9-24-15)17(4,5)16(22)23-8-3/h9H,6-8H2,1-5H3,(H,20,21). The summed E-state index contributed by atoms with van der Waals surface area (Å²) in [6.07, 6.45) is 1.44. The molecule has 0 spiro atoms. The van der Waals surface area contributed by atoms with Crippen molar-refractivity contribution in [3.63, 3.8) is 0 Å². The second-order valence-corrected chi connectivity index (χ2v) is 6.80. The average molecular weight is 349 g/mol. The Balaban J connectivity index is 2.53. The molecule has 1 N–H and O–H groups in total. The van der Waals surface area contributed by atoms with Gasteiger partial charge in [0.1, 0.15) is 10.4 Å². The van der Waals surface area contributed by atoms with E-state index in [1.807, 2.05) is 19.2 Å². The average Bonchev–Trinajstić information content (AvgIpc) is 3.04. The van der Waals surface area contributed by atoms with Crippen LogP contribution in [0.15, 0.2) is 10.2 Å². The topological polar surface area (TPSA) is 84.9 Å². The summed E-state index contributed by atoms with van der Waals surface area (Å²) in [5.41, 5.74) is 1.84. The summed E-state index contributed by atoms with van der Waals surface area (Å²) >= 11 is 1.36. The van der Waals surface area contributed by atoms with Crippen molar-refractivity contribution in [1.82, 2.24) is 15.2 Å². The van der Waals surface area contributed by atoms with Crippen LogP contribution in [0.4, 0.5) is 0 Å². The molecule has 2 rings (SSSR count). The third kappa shape index (κ3) is 3.26. The molecule has 0 aliphatic rings. The number of thiazole rings is 1.